The maximum Gasteiger partial charge on any atom is 0.255 e. The van der Waals surface area contributed by atoms with E-state index in [1.165, 1.54) is 12.8 Å². The summed E-state index contributed by atoms with van der Waals surface area (Å²) >= 11 is 4.12. The number of aromatic nitrogens is 2. The predicted molar refractivity (Wildman–Crippen MR) is 43.9 cm³/mol. The fourth-order valence-electron chi connectivity index (χ4n) is 0.856. The second-order valence-corrected chi connectivity index (χ2v) is 2.85. The second-order valence-electron chi connectivity index (χ2n) is 2.39. The Hall–Kier alpha value is -0.440. The van der Waals surface area contributed by atoms with E-state index >= 15 is 0 Å². The second kappa shape index (κ2) is 3.66. The maximum atomic E-state index is 4.12. The Labute approximate surface area is 67.0 Å². The summed E-state index contributed by atoms with van der Waals surface area (Å²) in [6.07, 6.45) is 8.41. The molecular weight excluding hydrogens is 144 g/mol. The highest BCUT2D eigenvalue weighted by Gasteiger charge is 1.97. The molecule has 0 bridgehead atoms. The van der Waals surface area contributed by atoms with Crippen molar-refractivity contribution in [2.24, 2.45) is 0 Å². The zero-order chi connectivity index (χ0) is 7.40. The van der Waals surface area contributed by atoms with Gasteiger partial charge in [0.05, 0.1) is 6.54 Å². The molecule has 0 fully saturated rings. The monoisotopic (exact) mass is 157 g/mol. The van der Waals surface area contributed by atoms with Crippen LogP contribution >= 0.6 is 12.8 Å². The molecule has 1 heterocycles. The van der Waals surface area contributed by atoms with Crippen molar-refractivity contribution in [3.8, 4) is 0 Å². The number of hydrogen-bond donors (Lipinski definition) is 1. The number of nitrogens with zero attached hydrogens (tertiary/aromatic N) is 2. The molecule has 0 saturated carbocycles. The zero-order valence-electron chi connectivity index (χ0n) is 6.20. The number of rotatable bonds is 3. The molecule has 0 aliphatic heterocycles. The van der Waals surface area contributed by atoms with Crippen LogP contribution in [-0.4, -0.2) is 3.97 Å². The lowest BCUT2D eigenvalue weighted by Gasteiger charge is -1.90. The van der Waals surface area contributed by atoms with Crippen molar-refractivity contribution in [1.82, 2.24) is 3.97 Å². The summed E-state index contributed by atoms with van der Waals surface area (Å²) in [5, 5.41) is 0. The van der Waals surface area contributed by atoms with Crippen LogP contribution in [0.5, 0.6) is 0 Å². The van der Waals surface area contributed by atoms with Gasteiger partial charge in [-0.3, -0.25) is 0 Å². The first kappa shape index (κ1) is 7.66. The first-order chi connectivity index (χ1) is 4.83. The highest BCUT2D eigenvalue weighted by molar-refractivity contribution is 7.78. The first-order valence-electron chi connectivity index (χ1n) is 3.59. The van der Waals surface area contributed by atoms with Gasteiger partial charge in [0.15, 0.2) is 0 Å². The van der Waals surface area contributed by atoms with Crippen molar-refractivity contribution in [3.63, 3.8) is 0 Å². The summed E-state index contributed by atoms with van der Waals surface area (Å²) < 4.78 is 3.89. The molecule has 0 aromatic carbocycles. The fraction of sp³-hybridized carbons (Fsp3) is 0.571. The van der Waals surface area contributed by atoms with E-state index in [-0.39, 0.29) is 0 Å². The van der Waals surface area contributed by atoms with E-state index in [0.29, 0.717) is 0 Å². The lowest BCUT2D eigenvalue weighted by molar-refractivity contribution is -0.696. The number of hydrogen-bond acceptors (Lipinski definition) is 1. The van der Waals surface area contributed by atoms with E-state index in [0.717, 1.165) is 6.54 Å². The lowest BCUT2D eigenvalue weighted by Crippen LogP contribution is -2.30. The largest absolute Gasteiger partial charge is 0.255 e. The van der Waals surface area contributed by atoms with Gasteiger partial charge in [-0.1, -0.05) is 13.3 Å². The van der Waals surface area contributed by atoms with Gasteiger partial charge in [0.25, 0.3) is 6.33 Å². The van der Waals surface area contributed by atoms with Crippen molar-refractivity contribution in [1.29, 1.82) is 0 Å². The Morgan fingerprint density at radius 1 is 1.60 bits per heavy atom. The van der Waals surface area contributed by atoms with Crippen LogP contribution in [0.4, 0.5) is 0 Å². The Balaban J connectivity index is 2.42. The van der Waals surface area contributed by atoms with Crippen LogP contribution in [0.25, 0.3) is 0 Å². The Morgan fingerprint density at radius 2 is 2.40 bits per heavy atom. The van der Waals surface area contributed by atoms with Crippen LogP contribution in [0, 0.1) is 0 Å². The molecule has 0 aliphatic carbocycles. The summed E-state index contributed by atoms with van der Waals surface area (Å²) in [6.45, 7) is 3.29. The van der Waals surface area contributed by atoms with E-state index in [9.17, 15) is 0 Å². The molecule has 3 heteroatoms. The number of imidazole rings is 1. The van der Waals surface area contributed by atoms with Crippen LogP contribution in [0.2, 0.25) is 0 Å². The minimum atomic E-state index is 1.10. The average Bonchev–Trinajstić information content (AvgIpc) is 2.31. The Morgan fingerprint density at radius 3 is 2.90 bits per heavy atom. The van der Waals surface area contributed by atoms with Gasteiger partial charge in [0.1, 0.15) is 12.4 Å². The molecule has 0 N–H and O–H groups in total. The van der Waals surface area contributed by atoms with Gasteiger partial charge in [0, 0.05) is 12.8 Å². The van der Waals surface area contributed by atoms with E-state index in [1.54, 1.807) is 3.97 Å². The molecule has 0 spiro atoms. The van der Waals surface area contributed by atoms with Gasteiger partial charge >= 0.3 is 0 Å². The zero-order valence-corrected chi connectivity index (χ0v) is 7.09. The quantitative estimate of drug-likeness (QED) is 0.500. The standard InChI is InChI=1S/C7H13N2S/c1-2-3-4-8-5-6-9(10)7-8/h5-7,10H,2-4H2,1H3/q+1. The van der Waals surface area contributed by atoms with E-state index in [2.05, 4.69) is 24.3 Å². The summed E-state index contributed by atoms with van der Waals surface area (Å²) in [5.74, 6) is 0. The molecule has 1 aromatic heterocycles. The van der Waals surface area contributed by atoms with Crippen LogP contribution < -0.4 is 4.57 Å². The summed E-state index contributed by atoms with van der Waals surface area (Å²) in [5.41, 5.74) is 0. The van der Waals surface area contributed by atoms with Crippen molar-refractivity contribution < 1.29 is 4.57 Å². The third-order valence-corrected chi connectivity index (χ3v) is 1.68. The third-order valence-electron chi connectivity index (χ3n) is 1.45. The van der Waals surface area contributed by atoms with Crippen LogP contribution in [0.1, 0.15) is 19.8 Å². The van der Waals surface area contributed by atoms with E-state index in [1.807, 2.05) is 18.7 Å². The van der Waals surface area contributed by atoms with Gasteiger partial charge in [-0.25, -0.2) is 4.57 Å². The van der Waals surface area contributed by atoms with Crippen molar-refractivity contribution in [3.05, 3.63) is 18.7 Å². The van der Waals surface area contributed by atoms with Gasteiger partial charge in [-0.05, 0) is 6.42 Å². The van der Waals surface area contributed by atoms with Crippen LogP contribution in [0.15, 0.2) is 18.7 Å². The Bertz CT molecular complexity index is 195. The molecule has 0 saturated heterocycles. The maximum absolute atomic E-state index is 4.12. The molecule has 0 amide bonds. The van der Waals surface area contributed by atoms with Gasteiger partial charge < -0.3 is 0 Å². The molecule has 0 aliphatic rings. The smallest absolute Gasteiger partial charge is 0.236 e. The number of thiol groups is 1. The summed E-state index contributed by atoms with van der Waals surface area (Å²) in [7, 11) is 0. The van der Waals surface area contributed by atoms with E-state index in [4.69, 9.17) is 0 Å². The van der Waals surface area contributed by atoms with Gasteiger partial charge in [-0.2, -0.15) is 3.97 Å². The molecule has 56 valence electrons. The van der Waals surface area contributed by atoms with E-state index < -0.39 is 0 Å². The average molecular weight is 157 g/mol. The van der Waals surface area contributed by atoms with Crippen molar-refractivity contribution in [2.75, 3.05) is 0 Å². The molecular formula is C7H13N2S+. The molecule has 1 aromatic rings. The number of unbranched alkanes of at least 4 members (excludes halogenated alkanes) is 1. The Kier molecular flexibility index (Phi) is 2.81. The minimum Gasteiger partial charge on any atom is -0.236 e. The minimum absolute atomic E-state index is 1.10. The van der Waals surface area contributed by atoms with Gasteiger partial charge in [-0.15, -0.1) is 0 Å². The first-order valence-corrected chi connectivity index (χ1v) is 3.99. The van der Waals surface area contributed by atoms with Gasteiger partial charge in [0.2, 0.25) is 0 Å². The highest BCUT2D eigenvalue weighted by atomic mass is 32.1. The lowest BCUT2D eigenvalue weighted by atomic mass is 10.3. The molecule has 0 atom stereocenters. The van der Waals surface area contributed by atoms with Crippen LogP contribution in [0.3, 0.4) is 0 Å². The van der Waals surface area contributed by atoms with Crippen molar-refractivity contribution >= 4 is 12.8 Å². The third kappa shape index (κ3) is 2.06. The highest BCUT2D eigenvalue weighted by Crippen LogP contribution is 1.88. The van der Waals surface area contributed by atoms with Crippen molar-refractivity contribution in [2.45, 2.75) is 26.3 Å². The molecule has 1 rings (SSSR count). The molecule has 0 radical (unpaired) electrons. The summed E-state index contributed by atoms with van der Waals surface area (Å²) in [6, 6.07) is 0. The molecule has 0 unspecified atom stereocenters. The normalized spacial score (nSPS) is 10.2. The predicted octanol–water partition coefficient (Wildman–Crippen LogP) is 1.27. The fourth-order valence-corrected chi connectivity index (χ4v) is 1.05. The molecule has 2 nitrogen and oxygen atoms in total. The number of aryl methyl sites for hydroxylation is 1. The topological polar surface area (TPSA) is 8.81 Å². The summed E-state index contributed by atoms with van der Waals surface area (Å²) in [4.78, 5) is 0. The molecule has 10 heavy (non-hydrogen) atoms. The SMILES string of the molecule is CCCC[n+]1ccn(S)c1. The van der Waals surface area contributed by atoms with Crippen LogP contribution in [-0.2, 0) is 6.54 Å².